The third-order valence-corrected chi connectivity index (χ3v) is 27.5. The summed E-state index contributed by atoms with van der Waals surface area (Å²) in [5.74, 6) is 2.73. The Morgan fingerprint density at radius 2 is 0.465 bits per heavy atom. The lowest BCUT2D eigenvalue weighted by Crippen LogP contribution is -1.99. The molecule has 0 radical (unpaired) electrons. The van der Waals surface area contributed by atoms with Crippen molar-refractivity contribution in [3.63, 3.8) is 0 Å². The van der Waals surface area contributed by atoms with E-state index in [9.17, 15) is 0 Å². The molecule has 144 heavy (non-hydrogen) atoms. The number of nitrogens with zero attached hydrogens (tertiary/aromatic N) is 16. The Bertz CT molecular complexity index is 9620. The minimum Gasteiger partial charge on any atom is -0.315 e. The summed E-state index contributed by atoms with van der Waals surface area (Å²) in [5, 5.41) is 13.9. The Morgan fingerprint density at radius 3 is 0.840 bits per heavy atom. The highest BCUT2D eigenvalue weighted by Gasteiger charge is 2.26. The fourth-order valence-corrected chi connectivity index (χ4v) is 20.9. The number of hydrogen-bond acceptors (Lipinski definition) is 10. The zero-order valence-electron chi connectivity index (χ0n) is 77.5. The van der Waals surface area contributed by atoms with E-state index in [1.807, 2.05) is 91.1 Å². The highest BCUT2D eigenvalue weighted by atomic mass is 15.1. The average Bonchev–Trinajstić information content (AvgIpc) is 1.57. The summed E-state index contributed by atoms with van der Waals surface area (Å²) >= 11 is 0. The van der Waals surface area contributed by atoms with Crippen molar-refractivity contribution >= 4 is 131 Å². The van der Waals surface area contributed by atoms with Crippen LogP contribution < -0.4 is 0 Å². The predicted octanol–water partition coefficient (Wildman–Crippen LogP) is 30.9. The quantitative estimate of drug-likeness (QED) is 0.103. The van der Waals surface area contributed by atoms with E-state index in [1.165, 1.54) is 76.1 Å². The largest absolute Gasteiger partial charge is 0.315 e. The van der Waals surface area contributed by atoms with Crippen molar-refractivity contribution in [2.75, 3.05) is 0 Å². The van der Waals surface area contributed by atoms with E-state index in [-0.39, 0.29) is 0 Å². The van der Waals surface area contributed by atoms with Crippen molar-refractivity contribution < 1.29 is 0 Å². The van der Waals surface area contributed by atoms with Crippen molar-refractivity contribution in [2.45, 2.75) is 0 Å². The molecule has 29 aromatic rings. The van der Waals surface area contributed by atoms with Crippen molar-refractivity contribution in [1.29, 1.82) is 0 Å². The lowest BCUT2D eigenvalue weighted by atomic mass is 10.0. The lowest BCUT2D eigenvalue weighted by molar-refractivity contribution is 1.11. The molecule has 12 heterocycles. The van der Waals surface area contributed by atoms with Crippen LogP contribution in [0, 0.1) is 0 Å². The molecule has 0 saturated heterocycles. The molecule has 674 valence electrons. The third-order valence-electron chi connectivity index (χ3n) is 27.5. The zero-order chi connectivity index (χ0) is 95.1. The Kier molecular flexibility index (Phi) is 20.5. The van der Waals surface area contributed by atoms with Crippen molar-refractivity contribution in [2.24, 2.45) is 0 Å². The minimum atomic E-state index is 0.671. The van der Waals surface area contributed by atoms with E-state index in [0.717, 1.165) is 156 Å². The van der Waals surface area contributed by atoms with Gasteiger partial charge in [0.15, 0.2) is 23.3 Å². The number of aromatic nitrogens is 16. The topological polar surface area (TPSA) is 158 Å². The first-order valence-electron chi connectivity index (χ1n) is 48.1. The van der Waals surface area contributed by atoms with Gasteiger partial charge in [-0.2, -0.15) is 0 Å². The smallest absolute Gasteiger partial charge is 0.160 e. The van der Waals surface area contributed by atoms with Gasteiger partial charge in [-0.15, -0.1) is 0 Å². The number of pyridine rings is 2. The molecule has 0 atom stereocenters. The summed E-state index contributed by atoms with van der Waals surface area (Å²) in [4.78, 5) is 48.8. The number of rotatable bonds is 14. The molecule has 0 amide bonds. The second kappa shape index (κ2) is 35.3. The minimum absolute atomic E-state index is 0.671. The van der Waals surface area contributed by atoms with Crippen LogP contribution in [0.2, 0.25) is 0 Å². The van der Waals surface area contributed by atoms with Gasteiger partial charge >= 0.3 is 0 Å². The standard InChI is InChI=1S/C45H29N5.C44H28N6.C39H25N5/c1-2-12-34(13-3-1)49-28-26-32-24-25-37-36-15-5-7-19-41(36)50(44(37)43(32)49)35-14-10-11-33(29-35)45-47-40-18-6-4-16-38(40)42(48-45)31-22-20-30(21-23-31)39-17-8-9-27-46-39;1-2-11-33(12-3-1)49-27-24-30-22-23-36-35-14-5-7-17-39(35)50(42(36)41(30)49)34-13-8-10-32(28-34)44-47-38-16-6-4-15-37(38)40(48-44)29-18-20-31(21-19-29)43-45-25-9-26-46-43;1-2-12-28(13-3-1)43-24-22-26-20-21-31-30-15-5-7-19-35(30)44(38(31)37(26)43)29-14-10-11-27(25-29)39-41-33-17-6-4-16-32(33)36(42-39)34-18-8-9-23-40-34/h1-29H;1-28H;1-25H. The van der Waals surface area contributed by atoms with E-state index in [2.05, 4.69) is 436 Å². The molecule has 29 rings (SSSR count). The van der Waals surface area contributed by atoms with Crippen molar-refractivity contribution in [3.05, 3.63) is 498 Å². The summed E-state index contributed by atoms with van der Waals surface area (Å²) in [6.45, 7) is 0. The van der Waals surface area contributed by atoms with E-state index >= 15 is 0 Å². The molecule has 0 unspecified atom stereocenters. The number of benzene rings is 17. The highest BCUT2D eigenvalue weighted by Crippen LogP contribution is 2.45. The van der Waals surface area contributed by atoms with E-state index in [0.29, 0.717) is 23.3 Å². The Hall–Kier alpha value is -19.8. The summed E-state index contributed by atoms with van der Waals surface area (Å²) in [7, 11) is 0. The van der Waals surface area contributed by atoms with Gasteiger partial charge in [-0.3, -0.25) is 9.97 Å². The zero-order valence-corrected chi connectivity index (χ0v) is 77.5. The maximum atomic E-state index is 5.25. The molecule has 0 fully saturated rings. The fourth-order valence-electron chi connectivity index (χ4n) is 20.9. The lowest BCUT2D eigenvalue weighted by Gasteiger charge is -2.14. The molecule has 0 aliphatic heterocycles. The first kappa shape index (κ1) is 83.5. The van der Waals surface area contributed by atoms with Gasteiger partial charge in [0.2, 0.25) is 0 Å². The van der Waals surface area contributed by atoms with Crippen molar-refractivity contribution in [1.82, 2.24) is 77.2 Å². The Labute approximate surface area is 825 Å². The van der Waals surface area contributed by atoms with Crippen LogP contribution in [0.4, 0.5) is 0 Å². The van der Waals surface area contributed by atoms with Gasteiger partial charge in [-0.05, 0) is 158 Å². The number of para-hydroxylation sites is 9. The van der Waals surface area contributed by atoms with E-state index in [4.69, 9.17) is 29.9 Å². The van der Waals surface area contributed by atoms with Crippen LogP contribution in [-0.2, 0) is 0 Å². The molecule has 16 nitrogen and oxygen atoms in total. The summed E-state index contributed by atoms with van der Waals surface area (Å²) in [6, 6.07) is 159. The van der Waals surface area contributed by atoms with Gasteiger partial charge in [-0.25, -0.2) is 39.9 Å². The first-order valence-corrected chi connectivity index (χ1v) is 48.1. The van der Waals surface area contributed by atoms with Crippen LogP contribution >= 0.6 is 0 Å². The van der Waals surface area contributed by atoms with Crippen LogP contribution in [0.25, 0.3) is 256 Å². The Balaban J connectivity index is 0.000000108. The molecule has 0 saturated carbocycles. The van der Waals surface area contributed by atoms with E-state index < -0.39 is 0 Å². The second-order valence-corrected chi connectivity index (χ2v) is 35.9. The molecule has 0 bridgehead atoms. The van der Waals surface area contributed by atoms with Crippen LogP contribution in [0.3, 0.4) is 0 Å². The normalized spacial score (nSPS) is 11.6. The molecule has 12 aromatic heterocycles. The van der Waals surface area contributed by atoms with E-state index in [1.54, 1.807) is 18.6 Å². The molecule has 0 spiro atoms. The highest BCUT2D eigenvalue weighted by molar-refractivity contribution is 6.21. The maximum absolute atomic E-state index is 5.25. The third kappa shape index (κ3) is 14.6. The van der Waals surface area contributed by atoms with Crippen LogP contribution in [-0.4, -0.2) is 77.2 Å². The average molecular weight is 1840 g/mol. The first-order chi connectivity index (χ1) is 71.4. The number of hydrogen-bond donors (Lipinski definition) is 0. The molecular formula is C128H82N16. The molecule has 0 N–H and O–H groups in total. The molecule has 17 aromatic carbocycles. The fraction of sp³-hybridized carbons (Fsp3) is 0. The number of fused-ring (bicyclic) bond motifs is 18. The summed E-state index contributed by atoms with van der Waals surface area (Å²) in [6.07, 6.45) is 13.7. The van der Waals surface area contributed by atoms with Gasteiger partial charge < -0.3 is 27.4 Å². The van der Waals surface area contributed by atoms with Crippen LogP contribution in [0.5, 0.6) is 0 Å². The predicted molar refractivity (Wildman–Crippen MR) is 587 cm³/mol. The SMILES string of the molecule is c1ccc(-n2ccc3ccc4c5ccccc5n(-c5cccc(-c6nc(-c7ccc(-c8ccccn8)cc7)c7ccccc7n6)c5)c4c32)cc1.c1ccc(-n2ccc3ccc4c5ccccc5n(-c5cccc(-c6nc(-c7ccc(-c8ncccn8)cc7)c7ccccc7n6)c5)c4c32)cc1.c1ccc(-n2ccc3ccc4c5ccccc5n(-c5cccc(-c6nc(-c7ccccn7)c7ccccc7n6)c5)c4c32)cc1. The maximum Gasteiger partial charge on any atom is 0.160 e. The Morgan fingerprint density at radius 1 is 0.160 bits per heavy atom. The van der Waals surface area contributed by atoms with Gasteiger partial charge in [0, 0.05) is 181 Å². The van der Waals surface area contributed by atoms with Crippen LogP contribution in [0.1, 0.15) is 0 Å². The summed E-state index contributed by atoms with van der Waals surface area (Å²) in [5.41, 5.74) is 31.0. The second-order valence-electron chi connectivity index (χ2n) is 35.9. The molecule has 0 aliphatic carbocycles. The monoisotopic (exact) mass is 1840 g/mol. The molecule has 0 aliphatic rings. The van der Waals surface area contributed by atoms with Gasteiger partial charge in [0.1, 0.15) is 5.69 Å². The van der Waals surface area contributed by atoms with Gasteiger partial charge in [0.25, 0.3) is 0 Å². The van der Waals surface area contributed by atoms with Gasteiger partial charge in [-0.1, -0.05) is 297 Å². The van der Waals surface area contributed by atoms with Gasteiger partial charge in [0.05, 0.1) is 89.0 Å². The molecule has 16 heteroatoms. The summed E-state index contributed by atoms with van der Waals surface area (Å²) < 4.78 is 14.1. The molecular weight excluding hydrogens is 1760 g/mol. The van der Waals surface area contributed by atoms with Crippen molar-refractivity contribution in [3.8, 4) is 125 Å². The van der Waals surface area contributed by atoms with Crippen LogP contribution in [0.15, 0.2) is 498 Å².